The molecule has 0 unspecified atom stereocenters. The van der Waals surface area contributed by atoms with Crippen molar-refractivity contribution >= 4 is 23.4 Å². The van der Waals surface area contributed by atoms with Crippen LogP contribution >= 0.6 is 23.4 Å². The van der Waals surface area contributed by atoms with Crippen LogP contribution in [-0.4, -0.2) is 9.90 Å². The maximum absolute atomic E-state index is 10.9. The Morgan fingerprint density at radius 1 is 1.54 bits per heavy atom. The van der Waals surface area contributed by atoms with E-state index in [0.717, 1.165) is 0 Å². The molecule has 0 aromatic carbocycles. The third-order valence-electron chi connectivity index (χ3n) is 1.35. The topological polar surface area (TPSA) is 46.0 Å². The van der Waals surface area contributed by atoms with Gasteiger partial charge in [-0.3, -0.25) is 4.79 Å². The van der Waals surface area contributed by atoms with Crippen LogP contribution in [0.3, 0.4) is 0 Å². The highest BCUT2D eigenvalue weighted by Crippen LogP contribution is 2.28. The monoisotopic (exact) mass is 221 g/mol. The van der Waals surface area contributed by atoms with Crippen LogP contribution in [0.5, 0.6) is 0 Å². The molecule has 0 spiro atoms. The van der Waals surface area contributed by atoms with Crippen molar-refractivity contribution in [2.24, 2.45) is 0 Å². The highest BCUT2D eigenvalue weighted by molar-refractivity contribution is 7.99. The fourth-order valence-corrected chi connectivity index (χ4v) is 1.69. The third kappa shape index (κ3) is 3.12. The zero-order valence-electron chi connectivity index (χ0n) is 7.81. The van der Waals surface area contributed by atoms with Gasteiger partial charge >= 0.3 is 0 Å². The number of hydrogen-bond donors (Lipinski definition) is 1. The van der Waals surface area contributed by atoms with Crippen LogP contribution in [0.15, 0.2) is 9.32 Å². The first kappa shape index (κ1) is 10.7. The highest BCUT2D eigenvalue weighted by Gasteiger charge is 2.15. The van der Waals surface area contributed by atoms with E-state index >= 15 is 0 Å². The Labute approximate surface area is 85.8 Å². The van der Waals surface area contributed by atoms with Crippen LogP contribution in [0.25, 0.3) is 0 Å². The SMILES string of the molecule is CC(C)(C)SCc1o[nH]c(=O)c1Cl. The summed E-state index contributed by atoms with van der Waals surface area (Å²) in [4.78, 5) is 10.9. The molecule has 0 amide bonds. The molecule has 0 bridgehead atoms. The standard InChI is InChI=1S/C8H12ClNO2S/c1-8(2,3)13-4-5-6(9)7(11)10-12-5/h4H2,1-3H3,(H,10,11). The van der Waals surface area contributed by atoms with Gasteiger partial charge in [0.1, 0.15) is 0 Å². The molecule has 74 valence electrons. The van der Waals surface area contributed by atoms with E-state index in [-0.39, 0.29) is 15.3 Å². The van der Waals surface area contributed by atoms with E-state index < -0.39 is 0 Å². The summed E-state index contributed by atoms with van der Waals surface area (Å²) in [6, 6.07) is 0. The summed E-state index contributed by atoms with van der Waals surface area (Å²) in [5, 5.41) is 2.36. The van der Waals surface area contributed by atoms with E-state index in [4.69, 9.17) is 16.1 Å². The van der Waals surface area contributed by atoms with Crippen molar-refractivity contribution in [2.45, 2.75) is 31.3 Å². The van der Waals surface area contributed by atoms with Crippen molar-refractivity contribution < 1.29 is 4.52 Å². The summed E-state index contributed by atoms with van der Waals surface area (Å²) < 4.78 is 5.04. The quantitative estimate of drug-likeness (QED) is 0.835. The summed E-state index contributed by atoms with van der Waals surface area (Å²) in [6.45, 7) is 6.28. The fraction of sp³-hybridized carbons (Fsp3) is 0.625. The minimum Gasteiger partial charge on any atom is -0.381 e. The fourth-order valence-electron chi connectivity index (χ4n) is 0.699. The van der Waals surface area contributed by atoms with E-state index in [1.807, 2.05) is 0 Å². The van der Waals surface area contributed by atoms with Crippen molar-refractivity contribution in [1.82, 2.24) is 5.16 Å². The van der Waals surface area contributed by atoms with E-state index in [1.54, 1.807) is 11.8 Å². The molecular weight excluding hydrogens is 210 g/mol. The highest BCUT2D eigenvalue weighted by atomic mass is 35.5. The second-order valence-electron chi connectivity index (χ2n) is 3.67. The first-order valence-corrected chi connectivity index (χ1v) is 5.26. The molecule has 1 rings (SSSR count). The maximum atomic E-state index is 10.9. The lowest BCUT2D eigenvalue weighted by Crippen LogP contribution is -2.07. The number of aromatic amines is 1. The number of H-pyrrole nitrogens is 1. The number of hydrogen-bond acceptors (Lipinski definition) is 3. The van der Waals surface area contributed by atoms with Crippen molar-refractivity contribution in [2.75, 3.05) is 0 Å². The van der Waals surface area contributed by atoms with E-state index in [0.29, 0.717) is 11.5 Å². The molecule has 0 saturated carbocycles. The molecule has 0 aliphatic rings. The molecule has 1 aromatic heterocycles. The van der Waals surface area contributed by atoms with Crippen LogP contribution in [0.1, 0.15) is 26.5 Å². The van der Waals surface area contributed by atoms with Gasteiger partial charge in [0.25, 0.3) is 5.56 Å². The lowest BCUT2D eigenvalue weighted by molar-refractivity contribution is 0.389. The van der Waals surface area contributed by atoms with Crippen molar-refractivity contribution in [1.29, 1.82) is 0 Å². The lowest BCUT2D eigenvalue weighted by atomic mass is 10.3. The van der Waals surface area contributed by atoms with Gasteiger partial charge in [0.05, 0.1) is 5.75 Å². The van der Waals surface area contributed by atoms with Crippen LogP contribution in [0, 0.1) is 0 Å². The van der Waals surface area contributed by atoms with Gasteiger partial charge in [-0.25, -0.2) is 0 Å². The Morgan fingerprint density at radius 3 is 2.54 bits per heavy atom. The first-order chi connectivity index (χ1) is 5.90. The molecule has 0 atom stereocenters. The first-order valence-electron chi connectivity index (χ1n) is 3.90. The van der Waals surface area contributed by atoms with Gasteiger partial charge in [0, 0.05) is 4.75 Å². The van der Waals surface area contributed by atoms with Crippen molar-refractivity contribution in [3.63, 3.8) is 0 Å². The normalized spacial score (nSPS) is 12.0. The Hall–Kier alpha value is -0.350. The zero-order chi connectivity index (χ0) is 10.1. The molecule has 0 aliphatic carbocycles. The van der Waals surface area contributed by atoms with Gasteiger partial charge in [-0.2, -0.15) is 5.16 Å². The van der Waals surface area contributed by atoms with Crippen molar-refractivity contribution in [3.05, 3.63) is 21.1 Å². The van der Waals surface area contributed by atoms with E-state index in [9.17, 15) is 4.79 Å². The van der Waals surface area contributed by atoms with Gasteiger partial charge in [0.15, 0.2) is 10.8 Å². The molecule has 1 N–H and O–H groups in total. The number of aromatic nitrogens is 1. The minimum absolute atomic E-state index is 0.138. The average molecular weight is 222 g/mol. The second kappa shape index (κ2) is 3.80. The Morgan fingerprint density at radius 2 is 2.15 bits per heavy atom. The van der Waals surface area contributed by atoms with Crippen LogP contribution in [0.2, 0.25) is 5.02 Å². The maximum Gasteiger partial charge on any atom is 0.298 e. The summed E-state index contributed by atoms with van der Waals surface area (Å²) in [7, 11) is 0. The zero-order valence-corrected chi connectivity index (χ0v) is 9.38. The molecule has 0 fully saturated rings. The summed E-state index contributed by atoms with van der Waals surface area (Å²) in [5.41, 5.74) is -0.355. The summed E-state index contributed by atoms with van der Waals surface area (Å²) >= 11 is 7.36. The number of rotatable bonds is 2. The van der Waals surface area contributed by atoms with Gasteiger partial charge in [-0.05, 0) is 0 Å². The molecular formula is C8H12ClNO2S. The summed E-state index contributed by atoms with van der Waals surface area (Å²) in [6.07, 6.45) is 0. The van der Waals surface area contributed by atoms with Gasteiger partial charge in [-0.15, -0.1) is 11.8 Å². The molecule has 1 aromatic rings. The van der Waals surface area contributed by atoms with Gasteiger partial charge < -0.3 is 4.52 Å². The van der Waals surface area contributed by atoms with Crippen molar-refractivity contribution in [3.8, 4) is 0 Å². The van der Waals surface area contributed by atoms with Crippen LogP contribution in [-0.2, 0) is 5.75 Å². The molecule has 13 heavy (non-hydrogen) atoms. The predicted octanol–water partition coefficient (Wildman–Crippen LogP) is 2.65. The molecule has 5 heteroatoms. The number of thioether (sulfide) groups is 1. The predicted molar refractivity (Wildman–Crippen MR) is 55.4 cm³/mol. The van der Waals surface area contributed by atoms with Gasteiger partial charge in [-0.1, -0.05) is 32.4 Å². The Bertz CT molecular complexity index is 337. The number of nitrogens with one attached hydrogen (secondary N) is 1. The van der Waals surface area contributed by atoms with Crippen LogP contribution < -0.4 is 5.56 Å². The largest absolute Gasteiger partial charge is 0.381 e. The Balaban J connectivity index is 2.66. The molecule has 0 saturated heterocycles. The lowest BCUT2D eigenvalue weighted by Gasteiger charge is -2.15. The van der Waals surface area contributed by atoms with Crippen LogP contribution in [0.4, 0.5) is 0 Å². The van der Waals surface area contributed by atoms with Gasteiger partial charge in [0.2, 0.25) is 0 Å². The number of halogens is 1. The summed E-state index contributed by atoms with van der Waals surface area (Å²) in [5.74, 6) is 1.13. The van der Waals surface area contributed by atoms with E-state index in [2.05, 4.69) is 25.9 Å². The molecule has 1 heterocycles. The molecule has 3 nitrogen and oxygen atoms in total. The second-order valence-corrected chi connectivity index (χ2v) is 5.85. The molecule has 0 radical (unpaired) electrons. The smallest absolute Gasteiger partial charge is 0.298 e. The minimum atomic E-state index is -0.355. The third-order valence-corrected chi connectivity index (χ3v) is 3.00. The van der Waals surface area contributed by atoms with E-state index in [1.165, 1.54) is 0 Å². The molecule has 0 aliphatic heterocycles. The average Bonchev–Trinajstić information content (AvgIpc) is 2.29. The Kier molecular flexibility index (Phi) is 3.14.